The van der Waals surface area contributed by atoms with Gasteiger partial charge >= 0.3 is 12.2 Å². The zero-order chi connectivity index (χ0) is 7.98. The maximum absolute atomic E-state index is 10.4. The number of carbonyl (C=O) groups is 1. The van der Waals surface area contributed by atoms with Crippen molar-refractivity contribution in [2.45, 2.75) is 13.0 Å². The van der Waals surface area contributed by atoms with Crippen molar-refractivity contribution in [2.24, 2.45) is 0 Å². The molecule has 1 atom stereocenters. The molecule has 0 spiro atoms. The molecule has 0 aliphatic heterocycles. The van der Waals surface area contributed by atoms with Crippen molar-refractivity contribution in [1.82, 2.24) is 0 Å². The van der Waals surface area contributed by atoms with Gasteiger partial charge in [0.2, 0.25) is 0 Å². The van der Waals surface area contributed by atoms with E-state index in [1.165, 1.54) is 6.08 Å². The molecule has 0 aromatic rings. The molecule has 4 nitrogen and oxygen atoms in total. The van der Waals surface area contributed by atoms with Gasteiger partial charge in [0.05, 0.1) is 0 Å². The van der Waals surface area contributed by atoms with Crippen molar-refractivity contribution < 1.29 is 14.3 Å². The highest BCUT2D eigenvalue weighted by atomic mass is 16.5. The summed E-state index contributed by atoms with van der Waals surface area (Å²) in [5.74, 6) is -0.685. The zero-order valence-corrected chi connectivity index (χ0v) is 5.65. The van der Waals surface area contributed by atoms with Crippen molar-refractivity contribution >= 4 is 12.2 Å². The van der Waals surface area contributed by atoms with Gasteiger partial charge in [0.25, 0.3) is 0 Å². The quantitative estimate of drug-likeness (QED) is 0.187. The number of rotatable bonds is 3. The first-order chi connectivity index (χ1) is 4.70. The first-order valence-corrected chi connectivity index (χ1v) is 2.71. The third-order valence-corrected chi connectivity index (χ3v) is 0.797. The minimum atomic E-state index is -0.685. The Bertz CT molecular complexity index is 182. The van der Waals surface area contributed by atoms with E-state index in [4.69, 9.17) is 5.53 Å². The minimum absolute atomic E-state index is 0.356. The van der Waals surface area contributed by atoms with Gasteiger partial charge in [-0.05, 0) is 6.92 Å². The molecule has 0 saturated heterocycles. The lowest BCUT2D eigenvalue weighted by molar-refractivity contribution is -0.141. The Kier molecular flexibility index (Phi) is 3.84. The Morgan fingerprint density at radius 1 is 1.90 bits per heavy atom. The largest absolute Gasteiger partial charge is 0.450 e. The molecule has 0 saturated carbocycles. The molecule has 0 bridgehead atoms. The van der Waals surface area contributed by atoms with Crippen LogP contribution in [0, 0.1) is 0 Å². The molecule has 0 unspecified atom stereocenters. The van der Waals surface area contributed by atoms with Crippen LogP contribution < -0.4 is 0 Å². The molecule has 0 aromatic heterocycles. The number of hydrogen-bond acceptors (Lipinski definition) is 2. The topological polar surface area (TPSA) is 62.7 Å². The predicted octanol–water partition coefficient (Wildman–Crippen LogP) is 0.405. The van der Waals surface area contributed by atoms with Gasteiger partial charge in [-0.15, -0.1) is 0 Å². The first-order valence-electron chi connectivity index (χ1n) is 2.71. The molecule has 0 fully saturated rings. The summed E-state index contributed by atoms with van der Waals surface area (Å²) in [6, 6.07) is 0. The summed E-state index contributed by atoms with van der Waals surface area (Å²) < 4.78 is 4.57. The summed E-state index contributed by atoms with van der Waals surface area (Å²) in [5.41, 5.74) is 7.87. The monoisotopic (exact) mass is 140 g/mol. The summed E-state index contributed by atoms with van der Waals surface area (Å²) in [6.07, 6.45) is 1.79. The lowest BCUT2D eigenvalue weighted by atomic mass is 10.4. The fourth-order valence-corrected chi connectivity index (χ4v) is 0.309. The van der Waals surface area contributed by atoms with Crippen LogP contribution in [0.1, 0.15) is 6.92 Å². The number of carbonyl (C=O) groups excluding carboxylic acids is 1. The van der Waals surface area contributed by atoms with Crippen LogP contribution in [0.15, 0.2) is 12.7 Å². The fraction of sp³-hybridized carbons (Fsp3) is 0.333. The van der Waals surface area contributed by atoms with Crippen molar-refractivity contribution in [3.05, 3.63) is 18.2 Å². The number of nitrogens with zero attached hydrogens (tertiary/aromatic N) is 2. The van der Waals surface area contributed by atoms with E-state index in [2.05, 4.69) is 16.1 Å². The summed E-state index contributed by atoms with van der Waals surface area (Å²) >= 11 is 0. The van der Waals surface area contributed by atoms with E-state index in [1.807, 2.05) is 0 Å². The van der Waals surface area contributed by atoms with Crippen LogP contribution in [-0.2, 0) is 9.53 Å². The van der Waals surface area contributed by atoms with Gasteiger partial charge in [-0.1, -0.05) is 12.7 Å². The van der Waals surface area contributed by atoms with E-state index in [1.54, 1.807) is 6.92 Å². The van der Waals surface area contributed by atoms with Crippen LogP contribution in [0.25, 0.3) is 5.53 Å². The average Bonchev–Trinajstić information content (AvgIpc) is 1.88. The molecule has 54 valence electrons. The molecule has 0 radical (unpaired) electrons. The SMILES string of the molecule is C=C[C@H](C)OC(=O)C=[N+]=[N-]. The number of esters is 1. The van der Waals surface area contributed by atoms with Gasteiger partial charge in [0.1, 0.15) is 6.10 Å². The number of ether oxygens (including phenoxy) is 1. The summed E-state index contributed by atoms with van der Waals surface area (Å²) in [5, 5.41) is 0. The maximum atomic E-state index is 10.4. The van der Waals surface area contributed by atoms with Crippen LogP contribution >= 0.6 is 0 Å². The van der Waals surface area contributed by atoms with E-state index in [0.717, 1.165) is 0 Å². The molecular weight excluding hydrogens is 132 g/mol. The Morgan fingerprint density at radius 3 is 2.90 bits per heavy atom. The lowest BCUT2D eigenvalue weighted by Crippen LogP contribution is -2.13. The van der Waals surface area contributed by atoms with Crippen LogP contribution in [0.3, 0.4) is 0 Å². The third kappa shape index (κ3) is 3.57. The van der Waals surface area contributed by atoms with E-state index < -0.39 is 5.97 Å². The highest BCUT2D eigenvalue weighted by molar-refractivity contribution is 6.20. The average molecular weight is 140 g/mol. The second kappa shape index (κ2) is 4.47. The van der Waals surface area contributed by atoms with Crippen LogP contribution in [0.2, 0.25) is 0 Å². The highest BCUT2D eigenvalue weighted by Gasteiger charge is 2.05. The molecule has 0 amide bonds. The summed E-state index contributed by atoms with van der Waals surface area (Å²) in [6.45, 7) is 5.04. The first kappa shape index (κ1) is 8.59. The highest BCUT2D eigenvalue weighted by Crippen LogP contribution is 1.89. The zero-order valence-electron chi connectivity index (χ0n) is 5.65. The number of hydrogen-bond donors (Lipinski definition) is 0. The van der Waals surface area contributed by atoms with Crippen molar-refractivity contribution in [3.63, 3.8) is 0 Å². The summed E-state index contributed by atoms with van der Waals surface area (Å²) in [7, 11) is 0. The molecule has 0 rings (SSSR count). The Balaban J connectivity index is 3.78. The molecule has 0 heterocycles. The Morgan fingerprint density at radius 2 is 2.50 bits per heavy atom. The van der Waals surface area contributed by atoms with Gasteiger partial charge < -0.3 is 10.3 Å². The molecule has 0 aliphatic rings. The molecular formula is C6H8N2O2. The second-order valence-corrected chi connectivity index (χ2v) is 1.62. The second-order valence-electron chi connectivity index (χ2n) is 1.62. The van der Waals surface area contributed by atoms with Crippen LogP contribution in [-0.4, -0.2) is 23.1 Å². The van der Waals surface area contributed by atoms with Gasteiger partial charge in [-0.2, -0.15) is 4.79 Å². The fourth-order valence-electron chi connectivity index (χ4n) is 0.309. The molecule has 0 aromatic carbocycles. The van der Waals surface area contributed by atoms with E-state index in [0.29, 0.717) is 6.21 Å². The normalized spacial score (nSPS) is 10.9. The van der Waals surface area contributed by atoms with Crippen LogP contribution in [0.5, 0.6) is 0 Å². The van der Waals surface area contributed by atoms with Crippen molar-refractivity contribution in [1.29, 1.82) is 0 Å². The van der Waals surface area contributed by atoms with Gasteiger partial charge in [-0.3, -0.25) is 0 Å². The Labute approximate surface area is 58.7 Å². The minimum Gasteiger partial charge on any atom is -0.450 e. The third-order valence-electron chi connectivity index (χ3n) is 0.797. The predicted molar refractivity (Wildman–Crippen MR) is 35.4 cm³/mol. The Hall–Kier alpha value is -1.41. The lowest BCUT2D eigenvalue weighted by Gasteiger charge is -2.01. The van der Waals surface area contributed by atoms with Gasteiger partial charge in [0.15, 0.2) is 0 Å². The smallest absolute Gasteiger partial charge is 0.414 e. The van der Waals surface area contributed by atoms with Gasteiger partial charge in [0, 0.05) is 0 Å². The van der Waals surface area contributed by atoms with E-state index in [9.17, 15) is 4.79 Å². The van der Waals surface area contributed by atoms with E-state index in [-0.39, 0.29) is 6.10 Å². The molecule has 10 heavy (non-hydrogen) atoms. The molecule has 0 N–H and O–H groups in total. The molecule has 0 aliphatic carbocycles. The van der Waals surface area contributed by atoms with Gasteiger partial charge in [-0.25, -0.2) is 4.79 Å². The summed E-state index contributed by atoms with van der Waals surface area (Å²) in [4.78, 5) is 12.9. The standard InChI is InChI=1S/C6H8N2O2/c1-3-5(2)10-6(9)4-8-7/h3-5H,1H2,2H3/t5-/m0/s1. The maximum Gasteiger partial charge on any atom is 0.414 e. The van der Waals surface area contributed by atoms with Crippen molar-refractivity contribution in [2.75, 3.05) is 0 Å². The molecule has 4 heteroatoms. The van der Waals surface area contributed by atoms with E-state index >= 15 is 0 Å². The van der Waals surface area contributed by atoms with Crippen molar-refractivity contribution in [3.8, 4) is 0 Å². The van der Waals surface area contributed by atoms with Crippen LogP contribution in [0.4, 0.5) is 0 Å².